The van der Waals surface area contributed by atoms with Gasteiger partial charge in [-0.3, -0.25) is 4.98 Å². The van der Waals surface area contributed by atoms with E-state index in [4.69, 9.17) is 0 Å². The fraction of sp³-hybridized carbons (Fsp3) is 0.667. The van der Waals surface area contributed by atoms with Crippen molar-refractivity contribution >= 4 is 15.9 Å². The van der Waals surface area contributed by atoms with E-state index in [1.54, 1.807) is 6.20 Å². The molecule has 0 amide bonds. The predicted octanol–water partition coefficient (Wildman–Crippen LogP) is 3.96. The number of aromatic nitrogens is 1. The fourth-order valence-electron chi connectivity index (χ4n) is 2.89. The van der Waals surface area contributed by atoms with Crippen molar-refractivity contribution in [1.82, 2.24) is 4.98 Å². The Morgan fingerprint density at radius 2 is 2.06 bits per heavy atom. The highest BCUT2D eigenvalue weighted by atomic mass is 79.9. The van der Waals surface area contributed by atoms with Crippen molar-refractivity contribution in [2.75, 3.05) is 0 Å². The molecule has 0 aliphatic heterocycles. The Hall–Kier alpha value is -0.410. The predicted molar refractivity (Wildman–Crippen MR) is 77.4 cm³/mol. The molecule has 0 aromatic carbocycles. The summed E-state index contributed by atoms with van der Waals surface area (Å²) < 4.78 is 0.990. The van der Waals surface area contributed by atoms with Crippen LogP contribution in [0.2, 0.25) is 0 Å². The molecule has 0 bridgehead atoms. The minimum absolute atomic E-state index is 0.225. The molecule has 0 saturated heterocycles. The van der Waals surface area contributed by atoms with E-state index in [2.05, 4.69) is 27.8 Å². The first-order valence-electron chi connectivity index (χ1n) is 6.97. The van der Waals surface area contributed by atoms with Crippen molar-refractivity contribution in [1.29, 1.82) is 0 Å². The lowest BCUT2D eigenvalue weighted by atomic mass is 9.77. The molecule has 1 unspecified atom stereocenters. The van der Waals surface area contributed by atoms with Gasteiger partial charge in [-0.05, 0) is 52.7 Å². The zero-order chi connectivity index (χ0) is 13.0. The number of halogens is 1. The molecule has 18 heavy (non-hydrogen) atoms. The highest BCUT2D eigenvalue weighted by Crippen LogP contribution is 2.33. The van der Waals surface area contributed by atoms with Crippen LogP contribution in [0.5, 0.6) is 0 Å². The second-order valence-corrected chi connectivity index (χ2v) is 6.34. The van der Waals surface area contributed by atoms with E-state index in [0.717, 1.165) is 16.1 Å². The number of aliphatic hydroxyl groups is 1. The largest absolute Gasteiger partial charge is 0.392 e. The molecule has 1 fully saturated rings. The summed E-state index contributed by atoms with van der Waals surface area (Å²) in [5.74, 6) is 1.36. The Balaban J connectivity index is 1.85. The SMILES string of the molecule is CCC1CCC(C(O)Cc2ccc(Br)cn2)CC1. The summed E-state index contributed by atoms with van der Waals surface area (Å²) in [5, 5.41) is 10.3. The van der Waals surface area contributed by atoms with Crippen molar-refractivity contribution in [3.8, 4) is 0 Å². The lowest BCUT2D eigenvalue weighted by Gasteiger charge is -2.30. The molecule has 1 aliphatic carbocycles. The average Bonchev–Trinajstić information content (AvgIpc) is 2.41. The summed E-state index contributed by atoms with van der Waals surface area (Å²) in [7, 11) is 0. The lowest BCUT2D eigenvalue weighted by molar-refractivity contribution is 0.0728. The second kappa shape index (κ2) is 6.67. The van der Waals surface area contributed by atoms with E-state index >= 15 is 0 Å². The summed E-state index contributed by atoms with van der Waals surface area (Å²) >= 11 is 3.38. The molecule has 1 aromatic heterocycles. The first-order valence-corrected chi connectivity index (χ1v) is 7.76. The number of hydrogen-bond donors (Lipinski definition) is 1. The highest BCUT2D eigenvalue weighted by molar-refractivity contribution is 9.10. The minimum Gasteiger partial charge on any atom is -0.392 e. The molecule has 0 spiro atoms. The normalized spacial score (nSPS) is 25.9. The van der Waals surface area contributed by atoms with Crippen LogP contribution in [0.4, 0.5) is 0 Å². The average molecular weight is 312 g/mol. The van der Waals surface area contributed by atoms with Gasteiger partial charge in [-0.1, -0.05) is 26.2 Å². The summed E-state index contributed by atoms with van der Waals surface area (Å²) in [5.41, 5.74) is 0.989. The molecule has 2 nitrogen and oxygen atoms in total. The van der Waals surface area contributed by atoms with Crippen LogP contribution >= 0.6 is 15.9 Å². The molecule has 100 valence electrons. The van der Waals surface area contributed by atoms with Crippen LogP contribution in [0, 0.1) is 11.8 Å². The highest BCUT2D eigenvalue weighted by Gasteiger charge is 2.25. The zero-order valence-corrected chi connectivity index (χ0v) is 12.6. The Morgan fingerprint density at radius 1 is 1.33 bits per heavy atom. The third kappa shape index (κ3) is 3.79. The molecule has 2 rings (SSSR count). The maximum absolute atomic E-state index is 10.3. The minimum atomic E-state index is -0.225. The molecular formula is C15H22BrNO. The summed E-state index contributed by atoms with van der Waals surface area (Å²) in [4.78, 5) is 4.34. The standard InChI is InChI=1S/C15H22BrNO/c1-2-11-3-5-12(6-4-11)15(18)9-14-8-7-13(16)10-17-14/h7-8,10-12,15,18H,2-6,9H2,1H3. The first-order chi connectivity index (χ1) is 8.69. The topological polar surface area (TPSA) is 33.1 Å². The van der Waals surface area contributed by atoms with E-state index < -0.39 is 0 Å². The van der Waals surface area contributed by atoms with Gasteiger partial charge in [-0.2, -0.15) is 0 Å². The van der Waals surface area contributed by atoms with Crippen LogP contribution in [0.1, 0.15) is 44.7 Å². The quantitative estimate of drug-likeness (QED) is 0.913. The number of hydrogen-bond acceptors (Lipinski definition) is 2. The molecule has 3 heteroatoms. The fourth-order valence-corrected chi connectivity index (χ4v) is 3.12. The molecule has 1 aromatic rings. The molecule has 1 N–H and O–H groups in total. The van der Waals surface area contributed by atoms with Crippen molar-refractivity contribution < 1.29 is 5.11 Å². The molecule has 0 radical (unpaired) electrons. The second-order valence-electron chi connectivity index (χ2n) is 5.43. The molecule has 1 saturated carbocycles. The molecule has 1 heterocycles. The summed E-state index contributed by atoms with van der Waals surface area (Å²) in [6, 6.07) is 3.98. The third-order valence-electron chi connectivity index (χ3n) is 4.22. The van der Waals surface area contributed by atoms with Gasteiger partial charge < -0.3 is 5.11 Å². The Kier molecular flexibility index (Phi) is 5.19. The number of aliphatic hydroxyl groups excluding tert-OH is 1. The summed E-state index contributed by atoms with van der Waals surface area (Å²) in [6.07, 6.45) is 8.48. The van der Waals surface area contributed by atoms with Gasteiger partial charge >= 0.3 is 0 Å². The third-order valence-corrected chi connectivity index (χ3v) is 4.69. The Morgan fingerprint density at radius 3 is 2.61 bits per heavy atom. The van der Waals surface area contributed by atoms with Crippen LogP contribution in [-0.4, -0.2) is 16.2 Å². The molecule has 1 atom stereocenters. The maximum Gasteiger partial charge on any atom is 0.0623 e. The Bertz CT molecular complexity index is 357. The molecular weight excluding hydrogens is 290 g/mol. The maximum atomic E-state index is 10.3. The van der Waals surface area contributed by atoms with Crippen LogP contribution in [0.25, 0.3) is 0 Å². The number of rotatable bonds is 4. The number of nitrogens with zero attached hydrogens (tertiary/aromatic N) is 1. The zero-order valence-electron chi connectivity index (χ0n) is 11.0. The Labute approximate surface area is 118 Å². The summed E-state index contributed by atoms with van der Waals surface area (Å²) in [6.45, 7) is 2.27. The lowest BCUT2D eigenvalue weighted by Crippen LogP contribution is -2.27. The van der Waals surface area contributed by atoms with Gasteiger partial charge in [-0.25, -0.2) is 0 Å². The van der Waals surface area contributed by atoms with E-state index in [-0.39, 0.29) is 6.10 Å². The van der Waals surface area contributed by atoms with Gasteiger partial charge in [-0.15, -0.1) is 0 Å². The van der Waals surface area contributed by atoms with E-state index in [0.29, 0.717) is 12.3 Å². The van der Waals surface area contributed by atoms with Crippen LogP contribution < -0.4 is 0 Å². The van der Waals surface area contributed by atoms with Crippen LogP contribution in [0.3, 0.4) is 0 Å². The monoisotopic (exact) mass is 311 g/mol. The first kappa shape index (κ1) is 14.0. The van der Waals surface area contributed by atoms with Gasteiger partial charge in [0.25, 0.3) is 0 Å². The number of pyridine rings is 1. The van der Waals surface area contributed by atoms with Crippen LogP contribution in [0.15, 0.2) is 22.8 Å². The van der Waals surface area contributed by atoms with Gasteiger partial charge in [0.2, 0.25) is 0 Å². The van der Waals surface area contributed by atoms with Crippen molar-refractivity contribution in [2.45, 2.75) is 51.6 Å². The van der Waals surface area contributed by atoms with E-state index in [1.165, 1.54) is 32.1 Å². The van der Waals surface area contributed by atoms with Gasteiger partial charge in [0.15, 0.2) is 0 Å². The van der Waals surface area contributed by atoms with E-state index in [1.807, 2.05) is 12.1 Å². The van der Waals surface area contributed by atoms with Gasteiger partial charge in [0.05, 0.1) is 6.10 Å². The van der Waals surface area contributed by atoms with E-state index in [9.17, 15) is 5.11 Å². The van der Waals surface area contributed by atoms with Crippen molar-refractivity contribution in [3.05, 3.63) is 28.5 Å². The van der Waals surface area contributed by atoms with Gasteiger partial charge in [0, 0.05) is 22.8 Å². The van der Waals surface area contributed by atoms with Gasteiger partial charge in [0.1, 0.15) is 0 Å². The van der Waals surface area contributed by atoms with Crippen LogP contribution in [-0.2, 0) is 6.42 Å². The van der Waals surface area contributed by atoms with Crippen molar-refractivity contribution in [2.24, 2.45) is 11.8 Å². The van der Waals surface area contributed by atoms with Crippen molar-refractivity contribution in [3.63, 3.8) is 0 Å². The molecule has 1 aliphatic rings. The smallest absolute Gasteiger partial charge is 0.0623 e.